The minimum atomic E-state index is -3.08. The summed E-state index contributed by atoms with van der Waals surface area (Å²) in [6.07, 6.45) is 0.470. The van der Waals surface area contributed by atoms with Gasteiger partial charge in [-0.2, -0.15) is 9.78 Å². The highest BCUT2D eigenvalue weighted by Crippen LogP contribution is 2.30. The largest absolute Gasteiger partial charge is 0.497 e. The van der Waals surface area contributed by atoms with Gasteiger partial charge in [0.2, 0.25) is 11.1 Å². The van der Waals surface area contributed by atoms with Crippen LogP contribution in [-0.2, 0) is 14.6 Å². The van der Waals surface area contributed by atoms with E-state index in [2.05, 4.69) is 25.9 Å². The molecule has 12 nitrogen and oxygen atoms in total. The number of benzene rings is 1. The van der Waals surface area contributed by atoms with E-state index in [1.54, 1.807) is 43.0 Å². The number of carbonyl (C=O) groups excluding carboxylic acids is 1. The van der Waals surface area contributed by atoms with Crippen LogP contribution in [-0.4, -0.2) is 75.8 Å². The summed E-state index contributed by atoms with van der Waals surface area (Å²) in [4.78, 5) is 12.7. The summed E-state index contributed by atoms with van der Waals surface area (Å²) in [5.74, 6) is 1.48. The molecule has 0 aliphatic carbocycles. The van der Waals surface area contributed by atoms with Gasteiger partial charge in [-0.3, -0.25) is 4.79 Å². The predicted molar refractivity (Wildman–Crippen MR) is 121 cm³/mol. The molecule has 1 aliphatic heterocycles. The molecule has 1 N–H and O–H groups in total. The molecule has 0 bridgehead atoms. The Balaban J connectivity index is 1.47. The summed E-state index contributed by atoms with van der Waals surface area (Å²) in [5, 5.41) is 19.3. The zero-order valence-corrected chi connectivity index (χ0v) is 19.9. The van der Waals surface area contributed by atoms with Gasteiger partial charge in [0.15, 0.2) is 9.84 Å². The quantitative estimate of drug-likeness (QED) is 0.456. The van der Waals surface area contributed by atoms with E-state index in [9.17, 15) is 13.2 Å². The average molecular weight is 494 g/mol. The molecule has 14 heteroatoms. The Hall–Kier alpha value is -3.13. The standard InChI is InChI=1S/C19H23N7O5S2/c1-12-8-17(25(22-12)13-6-7-33(28,29)11-13)20-18(27)10-32-19-21-23-24-26(19)15-9-14(30-2)4-5-16(15)31-3/h4-5,8-9,13H,6-7,10-11H2,1-3H3,(H,20,27). The molecular weight excluding hydrogens is 470 g/mol. The number of nitrogens with zero attached hydrogens (tertiary/aromatic N) is 6. The first-order valence-corrected chi connectivity index (χ1v) is 12.8. The van der Waals surface area contributed by atoms with Gasteiger partial charge in [-0.15, -0.1) is 5.10 Å². The minimum Gasteiger partial charge on any atom is -0.497 e. The van der Waals surface area contributed by atoms with Crippen LogP contribution >= 0.6 is 11.8 Å². The van der Waals surface area contributed by atoms with Gasteiger partial charge in [-0.1, -0.05) is 11.8 Å². The first-order chi connectivity index (χ1) is 15.8. The van der Waals surface area contributed by atoms with Crippen LogP contribution in [0.3, 0.4) is 0 Å². The van der Waals surface area contributed by atoms with Crippen molar-refractivity contribution in [3.63, 3.8) is 0 Å². The van der Waals surface area contributed by atoms with Crippen LogP contribution < -0.4 is 14.8 Å². The number of thioether (sulfide) groups is 1. The van der Waals surface area contributed by atoms with Crippen molar-refractivity contribution in [1.29, 1.82) is 0 Å². The Bertz CT molecular complexity index is 1270. The van der Waals surface area contributed by atoms with Crippen molar-refractivity contribution in [2.24, 2.45) is 0 Å². The molecule has 2 aromatic heterocycles. The third kappa shape index (κ3) is 5.11. The highest BCUT2D eigenvalue weighted by atomic mass is 32.2. The number of rotatable bonds is 8. The molecule has 0 saturated carbocycles. The molecule has 1 aromatic carbocycles. The fourth-order valence-corrected chi connectivity index (χ4v) is 5.92. The number of hydrogen-bond acceptors (Lipinski definition) is 10. The molecule has 4 rings (SSSR count). The molecule has 1 amide bonds. The van der Waals surface area contributed by atoms with E-state index in [1.807, 2.05) is 0 Å². The Labute approximate surface area is 194 Å². The van der Waals surface area contributed by atoms with E-state index in [0.717, 1.165) is 11.8 Å². The maximum Gasteiger partial charge on any atom is 0.235 e. The lowest BCUT2D eigenvalue weighted by atomic mass is 10.3. The maximum absolute atomic E-state index is 12.7. The average Bonchev–Trinajstić information content (AvgIpc) is 3.49. The second-order valence-corrected chi connectivity index (χ2v) is 10.6. The Kier molecular flexibility index (Phi) is 6.56. The van der Waals surface area contributed by atoms with Crippen LogP contribution in [0.2, 0.25) is 0 Å². The normalized spacial score (nSPS) is 17.1. The van der Waals surface area contributed by atoms with Gasteiger partial charge in [0.05, 0.1) is 43.2 Å². The highest BCUT2D eigenvalue weighted by Gasteiger charge is 2.31. The lowest BCUT2D eigenvalue weighted by Gasteiger charge is -2.14. The van der Waals surface area contributed by atoms with Crippen LogP contribution in [0.1, 0.15) is 18.2 Å². The zero-order chi connectivity index (χ0) is 23.6. The number of methoxy groups -OCH3 is 2. The number of nitrogens with one attached hydrogen (secondary N) is 1. The van der Waals surface area contributed by atoms with Crippen molar-refractivity contribution in [1.82, 2.24) is 30.0 Å². The molecule has 3 aromatic rings. The fraction of sp³-hybridized carbons (Fsp3) is 0.421. The fourth-order valence-electron chi connectivity index (χ4n) is 3.55. The molecule has 3 heterocycles. The van der Waals surface area contributed by atoms with Gasteiger partial charge >= 0.3 is 0 Å². The van der Waals surface area contributed by atoms with Crippen LogP contribution in [0, 0.1) is 6.92 Å². The van der Waals surface area contributed by atoms with Crippen molar-refractivity contribution >= 4 is 33.3 Å². The van der Waals surface area contributed by atoms with E-state index in [4.69, 9.17) is 9.47 Å². The summed E-state index contributed by atoms with van der Waals surface area (Å²) in [6, 6.07) is 6.66. The second kappa shape index (κ2) is 9.39. The second-order valence-electron chi connectivity index (χ2n) is 7.42. The Morgan fingerprint density at radius 3 is 2.79 bits per heavy atom. The first-order valence-electron chi connectivity index (χ1n) is 9.99. The van der Waals surface area contributed by atoms with Crippen LogP contribution in [0.5, 0.6) is 11.5 Å². The van der Waals surface area contributed by atoms with Gasteiger partial charge in [0.25, 0.3) is 0 Å². The zero-order valence-electron chi connectivity index (χ0n) is 18.3. The summed E-state index contributed by atoms with van der Waals surface area (Å²) in [7, 11) is 0.00934. The molecule has 1 aliphatic rings. The molecule has 1 fully saturated rings. The lowest BCUT2D eigenvalue weighted by molar-refractivity contribution is -0.113. The Morgan fingerprint density at radius 1 is 1.27 bits per heavy atom. The van der Waals surface area contributed by atoms with E-state index in [-0.39, 0.29) is 29.2 Å². The molecule has 0 radical (unpaired) electrons. The number of hydrogen-bond donors (Lipinski definition) is 1. The minimum absolute atomic E-state index is 0.0168. The smallest absolute Gasteiger partial charge is 0.235 e. The molecule has 1 atom stereocenters. The number of sulfone groups is 1. The van der Waals surface area contributed by atoms with Crippen molar-refractivity contribution in [2.75, 3.05) is 36.8 Å². The topological polar surface area (TPSA) is 143 Å². The van der Waals surface area contributed by atoms with Crippen LogP contribution in [0.25, 0.3) is 5.69 Å². The van der Waals surface area contributed by atoms with Gasteiger partial charge in [0.1, 0.15) is 23.0 Å². The molecular formula is C19H23N7O5S2. The monoisotopic (exact) mass is 493 g/mol. The van der Waals surface area contributed by atoms with Gasteiger partial charge in [-0.05, 0) is 35.9 Å². The van der Waals surface area contributed by atoms with Crippen molar-refractivity contribution < 1.29 is 22.7 Å². The van der Waals surface area contributed by atoms with Crippen LogP contribution in [0.4, 0.5) is 5.82 Å². The SMILES string of the molecule is COc1ccc(OC)c(-n2nnnc2SCC(=O)Nc2cc(C)nn2C2CCS(=O)(=O)C2)c1. The van der Waals surface area contributed by atoms with E-state index in [0.29, 0.717) is 40.3 Å². The Morgan fingerprint density at radius 2 is 2.09 bits per heavy atom. The first kappa shape index (κ1) is 23.0. The summed E-state index contributed by atoms with van der Waals surface area (Å²) in [6.45, 7) is 1.79. The summed E-state index contributed by atoms with van der Waals surface area (Å²) >= 11 is 1.15. The number of ether oxygens (including phenoxy) is 2. The van der Waals surface area contributed by atoms with E-state index >= 15 is 0 Å². The lowest BCUT2D eigenvalue weighted by Crippen LogP contribution is -2.20. The van der Waals surface area contributed by atoms with E-state index < -0.39 is 9.84 Å². The molecule has 1 saturated heterocycles. The van der Waals surface area contributed by atoms with Gasteiger partial charge < -0.3 is 14.8 Å². The van der Waals surface area contributed by atoms with Gasteiger partial charge in [0, 0.05) is 12.1 Å². The highest BCUT2D eigenvalue weighted by molar-refractivity contribution is 7.99. The number of aryl methyl sites for hydroxylation is 1. The molecule has 33 heavy (non-hydrogen) atoms. The molecule has 0 spiro atoms. The molecule has 176 valence electrons. The number of aromatic nitrogens is 6. The maximum atomic E-state index is 12.7. The summed E-state index contributed by atoms with van der Waals surface area (Å²) < 4.78 is 37.4. The van der Waals surface area contributed by atoms with Crippen LogP contribution in [0.15, 0.2) is 29.4 Å². The molecule has 1 unspecified atom stereocenters. The predicted octanol–water partition coefficient (Wildman–Crippen LogP) is 1.27. The number of amides is 1. The number of anilines is 1. The van der Waals surface area contributed by atoms with Crippen molar-refractivity contribution in [2.45, 2.75) is 24.5 Å². The number of tetrazole rings is 1. The third-order valence-electron chi connectivity index (χ3n) is 5.07. The number of carbonyl (C=O) groups is 1. The van der Waals surface area contributed by atoms with Crippen molar-refractivity contribution in [3.05, 3.63) is 30.0 Å². The van der Waals surface area contributed by atoms with Crippen molar-refractivity contribution in [3.8, 4) is 17.2 Å². The summed E-state index contributed by atoms with van der Waals surface area (Å²) in [5.41, 5.74) is 1.26. The third-order valence-corrected chi connectivity index (χ3v) is 7.74. The van der Waals surface area contributed by atoms with E-state index in [1.165, 1.54) is 11.8 Å². The van der Waals surface area contributed by atoms with Gasteiger partial charge in [-0.25, -0.2) is 13.1 Å².